The lowest BCUT2D eigenvalue weighted by atomic mass is 9.90. The van der Waals surface area contributed by atoms with Gasteiger partial charge in [-0.1, -0.05) is 26.8 Å². The number of piperidine rings is 1. The Morgan fingerprint density at radius 3 is 2.53 bits per heavy atom. The Kier molecular flexibility index (Phi) is 4.70. The quantitative estimate of drug-likeness (QED) is 0.780. The van der Waals surface area contributed by atoms with Crippen molar-refractivity contribution in [2.45, 2.75) is 39.5 Å². The molecule has 0 aliphatic carbocycles. The Morgan fingerprint density at radius 1 is 1.37 bits per heavy atom. The molecule has 19 heavy (non-hydrogen) atoms. The molecule has 3 nitrogen and oxygen atoms in total. The van der Waals surface area contributed by atoms with Crippen LogP contribution in [0.4, 0.5) is 0 Å². The first-order chi connectivity index (χ1) is 9.11. The third kappa shape index (κ3) is 3.41. The molecule has 1 aliphatic heterocycles. The van der Waals surface area contributed by atoms with E-state index in [1.54, 1.807) is 0 Å². The predicted octanol–water partition coefficient (Wildman–Crippen LogP) is 3.12. The first-order valence-corrected chi connectivity index (χ1v) is 7.34. The van der Waals surface area contributed by atoms with Crippen molar-refractivity contribution in [2.75, 3.05) is 19.6 Å². The Balaban J connectivity index is 2.01. The molecule has 0 atom stereocenters. The highest BCUT2D eigenvalue weighted by Crippen LogP contribution is 2.27. The molecule has 0 unspecified atom stereocenters. The number of likely N-dealkylation sites (tertiary alicyclic amines) is 1. The minimum atomic E-state index is 0.0196. The van der Waals surface area contributed by atoms with Crippen molar-refractivity contribution in [3.8, 4) is 0 Å². The SMILES string of the molecule is CCN1CCC(c2ccc(C(=O)C(C)C)nc2)CC1. The smallest absolute Gasteiger partial charge is 0.183 e. The number of Topliss-reactive ketones (excluding diaryl/α,β-unsaturated/α-hetero) is 1. The van der Waals surface area contributed by atoms with Gasteiger partial charge in [-0.3, -0.25) is 9.78 Å². The average molecular weight is 260 g/mol. The van der Waals surface area contributed by atoms with Crippen molar-refractivity contribution in [1.82, 2.24) is 9.88 Å². The lowest BCUT2D eigenvalue weighted by molar-refractivity contribution is 0.0934. The third-order valence-corrected chi connectivity index (χ3v) is 4.07. The molecule has 1 aliphatic rings. The number of carbonyl (C=O) groups excluding carboxylic acids is 1. The lowest BCUT2D eigenvalue weighted by Crippen LogP contribution is -2.32. The van der Waals surface area contributed by atoms with Gasteiger partial charge >= 0.3 is 0 Å². The summed E-state index contributed by atoms with van der Waals surface area (Å²) in [6.07, 6.45) is 4.31. The van der Waals surface area contributed by atoms with Crippen molar-refractivity contribution < 1.29 is 4.79 Å². The standard InChI is InChI=1S/C16H24N2O/c1-4-18-9-7-13(8-10-18)14-5-6-15(17-11-14)16(19)12(2)3/h5-6,11-13H,4,7-10H2,1-3H3. The molecule has 2 rings (SSSR count). The number of hydrogen-bond acceptors (Lipinski definition) is 3. The monoisotopic (exact) mass is 260 g/mol. The molecule has 2 heterocycles. The van der Waals surface area contributed by atoms with Crippen LogP contribution in [-0.2, 0) is 0 Å². The second-order valence-electron chi connectivity index (χ2n) is 5.70. The minimum Gasteiger partial charge on any atom is -0.304 e. The normalized spacial score (nSPS) is 17.9. The first kappa shape index (κ1) is 14.2. The van der Waals surface area contributed by atoms with Crippen molar-refractivity contribution in [2.24, 2.45) is 5.92 Å². The maximum Gasteiger partial charge on any atom is 0.183 e. The van der Waals surface area contributed by atoms with Crippen LogP contribution in [0.25, 0.3) is 0 Å². The van der Waals surface area contributed by atoms with Gasteiger partial charge in [-0.05, 0) is 50.0 Å². The largest absolute Gasteiger partial charge is 0.304 e. The zero-order chi connectivity index (χ0) is 13.8. The van der Waals surface area contributed by atoms with Crippen LogP contribution in [0, 0.1) is 5.92 Å². The Labute approximate surface area is 116 Å². The van der Waals surface area contributed by atoms with Crippen molar-refractivity contribution in [3.63, 3.8) is 0 Å². The molecule has 0 saturated carbocycles. The van der Waals surface area contributed by atoms with E-state index >= 15 is 0 Å². The van der Waals surface area contributed by atoms with Gasteiger partial charge in [-0.25, -0.2) is 0 Å². The van der Waals surface area contributed by atoms with E-state index in [9.17, 15) is 4.79 Å². The van der Waals surface area contributed by atoms with Crippen LogP contribution in [0.2, 0.25) is 0 Å². The van der Waals surface area contributed by atoms with E-state index < -0.39 is 0 Å². The van der Waals surface area contributed by atoms with Crippen LogP contribution >= 0.6 is 0 Å². The number of hydrogen-bond donors (Lipinski definition) is 0. The molecule has 104 valence electrons. The summed E-state index contributed by atoms with van der Waals surface area (Å²) >= 11 is 0. The van der Waals surface area contributed by atoms with Crippen LogP contribution in [0.3, 0.4) is 0 Å². The van der Waals surface area contributed by atoms with Crippen LogP contribution < -0.4 is 0 Å². The van der Waals surface area contributed by atoms with Gasteiger partial charge in [0.15, 0.2) is 5.78 Å². The summed E-state index contributed by atoms with van der Waals surface area (Å²) < 4.78 is 0. The van der Waals surface area contributed by atoms with Crippen LogP contribution in [-0.4, -0.2) is 35.3 Å². The van der Waals surface area contributed by atoms with E-state index in [-0.39, 0.29) is 11.7 Å². The molecular weight excluding hydrogens is 236 g/mol. The fraction of sp³-hybridized carbons (Fsp3) is 0.625. The Morgan fingerprint density at radius 2 is 2.05 bits per heavy atom. The van der Waals surface area contributed by atoms with Gasteiger partial charge in [0, 0.05) is 12.1 Å². The minimum absolute atomic E-state index is 0.0196. The Hall–Kier alpha value is -1.22. The highest BCUT2D eigenvalue weighted by molar-refractivity contribution is 5.95. The van der Waals surface area contributed by atoms with Crippen LogP contribution in [0.5, 0.6) is 0 Å². The molecule has 0 amide bonds. The summed E-state index contributed by atoms with van der Waals surface area (Å²) in [5, 5.41) is 0. The van der Waals surface area contributed by atoms with E-state index in [1.807, 2.05) is 26.1 Å². The van der Waals surface area contributed by atoms with Gasteiger partial charge in [0.1, 0.15) is 5.69 Å². The second-order valence-corrected chi connectivity index (χ2v) is 5.70. The highest BCUT2D eigenvalue weighted by atomic mass is 16.1. The van der Waals surface area contributed by atoms with Gasteiger partial charge in [-0.2, -0.15) is 0 Å². The molecule has 1 aromatic heterocycles. The van der Waals surface area contributed by atoms with E-state index in [0.717, 1.165) is 6.54 Å². The van der Waals surface area contributed by atoms with Gasteiger partial charge < -0.3 is 4.90 Å². The molecule has 0 N–H and O–H groups in total. The summed E-state index contributed by atoms with van der Waals surface area (Å²) in [5.74, 6) is 0.761. The van der Waals surface area contributed by atoms with Gasteiger partial charge in [-0.15, -0.1) is 0 Å². The first-order valence-electron chi connectivity index (χ1n) is 7.34. The number of ketones is 1. The molecule has 1 saturated heterocycles. The second kappa shape index (κ2) is 6.29. The molecule has 0 radical (unpaired) electrons. The van der Waals surface area contributed by atoms with E-state index in [4.69, 9.17) is 0 Å². The van der Waals surface area contributed by atoms with Crippen LogP contribution in [0.15, 0.2) is 18.3 Å². The zero-order valence-corrected chi connectivity index (χ0v) is 12.2. The fourth-order valence-electron chi connectivity index (χ4n) is 2.67. The summed E-state index contributed by atoms with van der Waals surface area (Å²) in [5.41, 5.74) is 1.89. The third-order valence-electron chi connectivity index (χ3n) is 4.07. The van der Waals surface area contributed by atoms with E-state index in [0.29, 0.717) is 11.6 Å². The number of pyridine rings is 1. The fourth-order valence-corrected chi connectivity index (χ4v) is 2.67. The number of rotatable bonds is 4. The Bertz CT molecular complexity index is 417. The summed E-state index contributed by atoms with van der Waals surface area (Å²) in [4.78, 5) is 18.7. The topological polar surface area (TPSA) is 33.2 Å². The molecule has 1 aromatic rings. The maximum atomic E-state index is 11.8. The molecule has 3 heteroatoms. The van der Waals surface area contributed by atoms with Crippen molar-refractivity contribution >= 4 is 5.78 Å². The number of carbonyl (C=O) groups is 1. The van der Waals surface area contributed by atoms with Gasteiger partial charge in [0.05, 0.1) is 0 Å². The van der Waals surface area contributed by atoms with Gasteiger partial charge in [0.25, 0.3) is 0 Å². The maximum absolute atomic E-state index is 11.8. The van der Waals surface area contributed by atoms with Crippen molar-refractivity contribution in [1.29, 1.82) is 0 Å². The summed E-state index contributed by atoms with van der Waals surface area (Å²) in [6, 6.07) is 3.98. The van der Waals surface area contributed by atoms with Gasteiger partial charge in [0.2, 0.25) is 0 Å². The molecule has 0 bridgehead atoms. The zero-order valence-electron chi connectivity index (χ0n) is 12.2. The van der Waals surface area contributed by atoms with Crippen molar-refractivity contribution in [3.05, 3.63) is 29.6 Å². The molecule has 0 spiro atoms. The van der Waals surface area contributed by atoms with E-state index in [2.05, 4.69) is 22.9 Å². The number of nitrogens with zero attached hydrogens (tertiary/aromatic N) is 2. The summed E-state index contributed by atoms with van der Waals surface area (Å²) in [7, 11) is 0. The molecular formula is C16H24N2O. The van der Waals surface area contributed by atoms with E-state index in [1.165, 1.54) is 31.5 Å². The highest BCUT2D eigenvalue weighted by Gasteiger charge is 2.20. The number of aromatic nitrogens is 1. The molecule has 1 fully saturated rings. The summed E-state index contributed by atoms with van der Waals surface area (Å²) in [6.45, 7) is 9.54. The average Bonchev–Trinajstić information content (AvgIpc) is 2.46. The predicted molar refractivity (Wildman–Crippen MR) is 77.5 cm³/mol. The van der Waals surface area contributed by atoms with Crippen LogP contribution in [0.1, 0.15) is 55.6 Å². The lowest BCUT2D eigenvalue weighted by Gasteiger charge is -2.31. The molecule has 0 aromatic carbocycles.